The number of rotatable bonds is 8. The molecule has 0 aliphatic heterocycles. The highest BCUT2D eigenvalue weighted by atomic mass is 32.2. The van der Waals surface area contributed by atoms with Crippen LogP contribution in [0.3, 0.4) is 0 Å². The number of anilines is 1. The number of nitrogens with one attached hydrogen (secondary N) is 2. The molecule has 0 amide bonds. The molecule has 2 heterocycles. The summed E-state index contributed by atoms with van der Waals surface area (Å²) in [5.41, 5.74) is 0.736. The number of aromatic amines is 1. The van der Waals surface area contributed by atoms with E-state index in [1.165, 1.54) is 6.20 Å². The van der Waals surface area contributed by atoms with Crippen LogP contribution in [0.1, 0.15) is 54.2 Å². The Kier molecular flexibility index (Phi) is 5.50. The topological polar surface area (TPSA) is 105 Å². The molecule has 164 valence electrons. The number of fused-ring (bicyclic) bond motifs is 1. The maximum atomic E-state index is 14.9. The number of sulfonamides is 1. The van der Waals surface area contributed by atoms with Crippen LogP contribution in [0.15, 0.2) is 24.4 Å². The summed E-state index contributed by atoms with van der Waals surface area (Å²) in [6, 6.07) is 3.61. The van der Waals surface area contributed by atoms with E-state index in [4.69, 9.17) is 0 Å². The molecule has 2 atom stereocenters. The third-order valence-electron chi connectivity index (χ3n) is 5.45. The summed E-state index contributed by atoms with van der Waals surface area (Å²) in [6.07, 6.45) is 2.53. The number of aromatic nitrogens is 3. The van der Waals surface area contributed by atoms with Gasteiger partial charge in [0.2, 0.25) is 10.0 Å². The zero-order chi connectivity index (χ0) is 22.3. The summed E-state index contributed by atoms with van der Waals surface area (Å²) in [6.45, 7) is 3.79. The van der Waals surface area contributed by atoms with Crippen molar-refractivity contribution in [2.45, 2.75) is 39.0 Å². The van der Waals surface area contributed by atoms with Gasteiger partial charge < -0.3 is 0 Å². The van der Waals surface area contributed by atoms with E-state index in [0.29, 0.717) is 29.5 Å². The number of halogens is 2. The lowest BCUT2D eigenvalue weighted by molar-refractivity contribution is 0.0985. The molecule has 0 radical (unpaired) electrons. The van der Waals surface area contributed by atoms with Crippen LogP contribution in [0.5, 0.6) is 0 Å². The average molecular weight is 448 g/mol. The fraction of sp³-hybridized carbons (Fsp3) is 0.381. The van der Waals surface area contributed by atoms with Gasteiger partial charge in [-0.1, -0.05) is 13.8 Å². The number of pyridine rings is 1. The second-order valence-electron chi connectivity index (χ2n) is 7.98. The number of nitrogens with zero attached hydrogens (tertiary/aromatic N) is 2. The highest BCUT2D eigenvalue weighted by molar-refractivity contribution is 7.92. The molecular formula is C21H22F2N4O3S. The van der Waals surface area contributed by atoms with Crippen LogP contribution in [0, 0.1) is 17.6 Å². The Morgan fingerprint density at radius 1 is 1.32 bits per heavy atom. The van der Waals surface area contributed by atoms with Gasteiger partial charge in [0.05, 0.1) is 17.0 Å². The molecule has 1 aromatic carbocycles. The van der Waals surface area contributed by atoms with Gasteiger partial charge in [0.1, 0.15) is 5.82 Å². The summed E-state index contributed by atoms with van der Waals surface area (Å²) in [4.78, 5) is 17.0. The van der Waals surface area contributed by atoms with Gasteiger partial charge in [0.25, 0.3) is 0 Å². The monoisotopic (exact) mass is 448 g/mol. The second kappa shape index (κ2) is 7.99. The minimum absolute atomic E-state index is 0.217. The molecule has 0 saturated heterocycles. The fourth-order valence-electron chi connectivity index (χ4n) is 3.71. The molecule has 3 aromatic rings. The van der Waals surface area contributed by atoms with Crippen molar-refractivity contribution >= 4 is 32.5 Å². The number of carbonyl (C=O) groups is 1. The van der Waals surface area contributed by atoms with E-state index in [9.17, 15) is 22.0 Å². The van der Waals surface area contributed by atoms with E-state index in [-0.39, 0.29) is 12.2 Å². The molecule has 4 rings (SSSR count). The molecule has 7 nitrogen and oxygen atoms in total. The van der Waals surface area contributed by atoms with Crippen LogP contribution in [0.25, 0.3) is 11.0 Å². The van der Waals surface area contributed by atoms with Crippen molar-refractivity contribution in [2.24, 2.45) is 5.92 Å². The maximum absolute atomic E-state index is 14.9. The molecule has 10 heteroatoms. The van der Waals surface area contributed by atoms with E-state index >= 15 is 0 Å². The third-order valence-corrected chi connectivity index (χ3v) is 6.93. The molecule has 0 bridgehead atoms. The maximum Gasteiger partial charge on any atom is 0.232 e. The SMILES string of the molecule is CCCS(=O)(=O)Nc1ccc(F)c(C(=O)Cc2cnc3n[nH]c(C4C[C@@H]4C)c3c2)c1F. The summed E-state index contributed by atoms with van der Waals surface area (Å²) in [5, 5.41) is 7.96. The van der Waals surface area contributed by atoms with Crippen molar-refractivity contribution in [2.75, 3.05) is 10.5 Å². The molecular weight excluding hydrogens is 426 g/mol. The number of benzene rings is 1. The minimum atomic E-state index is -3.80. The van der Waals surface area contributed by atoms with E-state index in [2.05, 4.69) is 26.8 Å². The van der Waals surface area contributed by atoms with Gasteiger partial charge in [0.15, 0.2) is 17.2 Å². The van der Waals surface area contributed by atoms with Crippen molar-refractivity contribution in [3.05, 3.63) is 52.9 Å². The van der Waals surface area contributed by atoms with E-state index in [1.54, 1.807) is 13.0 Å². The predicted octanol–water partition coefficient (Wildman–Crippen LogP) is 3.94. The molecule has 31 heavy (non-hydrogen) atoms. The number of Topliss-reactive ketones (excluding diaryl/α,β-unsaturated/α-hetero) is 1. The Labute approximate surface area is 178 Å². The summed E-state index contributed by atoms with van der Waals surface area (Å²) in [5.74, 6) is -2.40. The zero-order valence-corrected chi connectivity index (χ0v) is 17.9. The van der Waals surface area contributed by atoms with E-state index in [1.807, 2.05) is 0 Å². The van der Waals surface area contributed by atoms with Crippen molar-refractivity contribution in [1.82, 2.24) is 15.2 Å². The first-order chi connectivity index (χ1) is 14.7. The van der Waals surface area contributed by atoms with Crippen molar-refractivity contribution < 1.29 is 22.0 Å². The molecule has 1 unspecified atom stereocenters. The first-order valence-electron chi connectivity index (χ1n) is 10.0. The minimum Gasteiger partial charge on any atom is -0.294 e. The van der Waals surface area contributed by atoms with Crippen molar-refractivity contribution in [3.63, 3.8) is 0 Å². The van der Waals surface area contributed by atoms with Crippen molar-refractivity contribution in [3.8, 4) is 0 Å². The zero-order valence-electron chi connectivity index (χ0n) is 17.1. The van der Waals surface area contributed by atoms with Gasteiger partial charge in [-0.3, -0.25) is 14.6 Å². The largest absolute Gasteiger partial charge is 0.294 e. The number of ketones is 1. The van der Waals surface area contributed by atoms with Gasteiger partial charge in [0, 0.05) is 29.6 Å². The first kappa shape index (κ1) is 21.4. The van der Waals surface area contributed by atoms with Crippen molar-refractivity contribution in [1.29, 1.82) is 0 Å². The van der Waals surface area contributed by atoms with Gasteiger partial charge >= 0.3 is 0 Å². The van der Waals surface area contributed by atoms with Gasteiger partial charge in [-0.15, -0.1) is 0 Å². The molecule has 0 spiro atoms. The normalized spacial score (nSPS) is 18.3. The Hall–Kier alpha value is -2.88. The van der Waals surface area contributed by atoms with E-state index < -0.39 is 38.7 Å². The average Bonchev–Trinajstić information content (AvgIpc) is 3.27. The van der Waals surface area contributed by atoms with E-state index in [0.717, 1.165) is 29.6 Å². The van der Waals surface area contributed by atoms with Crippen LogP contribution in [-0.2, 0) is 16.4 Å². The summed E-state index contributed by atoms with van der Waals surface area (Å²) in [7, 11) is -3.80. The van der Waals surface area contributed by atoms with Gasteiger partial charge in [-0.2, -0.15) is 5.10 Å². The number of carbonyl (C=O) groups excluding carboxylic acids is 1. The lowest BCUT2D eigenvalue weighted by Crippen LogP contribution is -2.19. The second-order valence-corrected chi connectivity index (χ2v) is 9.82. The molecule has 1 saturated carbocycles. The smallest absolute Gasteiger partial charge is 0.232 e. The third kappa shape index (κ3) is 4.30. The lowest BCUT2D eigenvalue weighted by Gasteiger charge is -2.11. The van der Waals surface area contributed by atoms with Crippen LogP contribution < -0.4 is 4.72 Å². The quantitative estimate of drug-likeness (QED) is 0.508. The first-order valence-corrected chi connectivity index (χ1v) is 11.7. The van der Waals surface area contributed by atoms with Crippen LogP contribution in [0.4, 0.5) is 14.5 Å². The predicted molar refractivity (Wildman–Crippen MR) is 113 cm³/mol. The molecule has 2 N–H and O–H groups in total. The lowest BCUT2D eigenvalue weighted by atomic mass is 10.0. The standard InChI is InChI=1S/C21H22F2N4O3S/c1-3-6-31(29,30)27-16-5-4-15(22)18(19(16)23)17(28)9-12-8-14-20(13-7-11(13)2)25-26-21(14)24-10-12/h4-5,8,10-11,13,27H,3,6-7,9H2,1-2H3,(H,24,25,26)/t11-,13?/m0/s1. The molecule has 2 aromatic heterocycles. The number of hydrogen-bond donors (Lipinski definition) is 2. The summed E-state index contributed by atoms with van der Waals surface area (Å²) < 4.78 is 55.2. The van der Waals surface area contributed by atoms with Crippen LogP contribution in [0.2, 0.25) is 0 Å². The van der Waals surface area contributed by atoms with Gasteiger partial charge in [-0.05, 0) is 42.5 Å². The Morgan fingerprint density at radius 2 is 2.06 bits per heavy atom. The fourth-order valence-corrected chi connectivity index (χ4v) is 4.85. The summed E-state index contributed by atoms with van der Waals surface area (Å²) >= 11 is 0. The Bertz CT molecular complexity index is 1270. The molecule has 1 aliphatic rings. The van der Waals surface area contributed by atoms with Gasteiger partial charge in [-0.25, -0.2) is 22.2 Å². The highest BCUT2D eigenvalue weighted by Gasteiger charge is 2.36. The number of hydrogen-bond acceptors (Lipinski definition) is 5. The Morgan fingerprint density at radius 3 is 2.74 bits per heavy atom. The van der Waals surface area contributed by atoms with Crippen LogP contribution in [-0.4, -0.2) is 35.1 Å². The van der Waals surface area contributed by atoms with Crippen LogP contribution >= 0.6 is 0 Å². The Balaban J connectivity index is 1.62. The highest BCUT2D eigenvalue weighted by Crippen LogP contribution is 2.47. The molecule has 1 fully saturated rings. The number of H-pyrrole nitrogens is 1. The molecule has 1 aliphatic carbocycles.